The van der Waals surface area contributed by atoms with Crippen molar-refractivity contribution in [2.45, 2.75) is 13.2 Å². The van der Waals surface area contributed by atoms with Crippen LogP contribution in [-0.2, 0) is 13.2 Å². The van der Waals surface area contributed by atoms with Crippen molar-refractivity contribution < 1.29 is 9.13 Å². The van der Waals surface area contributed by atoms with E-state index in [4.69, 9.17) is 10.5 Å². The Bertz CT molecular complexity index is 485. The molecule has 0 amide bonds. The minimum atomic E-state index is -0.357. The highest BCUT2D eigenvalue weighted by molar-refractivity contribution is 5.27. The average molecular weight is 232 g/mol. The molecule has 0 saturated carbocycles. The summed E-state index contributed by atoms with van der Waals surface area (Å²) in [5.41, 5.74) is 7.24. The van der Waals surface area contributed by atoms with Crippen LogP contribution in [0.3, 0.4) is 0 Å². The quantitative estimate of drug-likeness (QED) is 0.879. The van der Waals surface area contributed by atoms with Gasteiger partial charge in [-0.3, -0.25) is 4.98 Å². The molecule has 3 nitrogen and oxygen atoms in total. The molecule has 0 aliphatic rings. The van der Waals surface area contributed by atoms with E-state index in [0.717, 1.165) is 11.3 Å². The molecule has 0 aliphatic heterocycles. The molecular weight excluding hydrogens is 219 g/mol. The first-order valence-corrected chi connectivity index (χ1v) is 5.29. The van der Waals surface area contributed by atoms with Gasteiger partial charge in [0.1, 0.15) is 18.2 Å². The summed E-state index contributed by atoms with van der Waals surface area (Å²) in [6, 6.07) is 8.89. The zero-order valence-corrected chi connectivity index (χ0v) is 9.27. The predicted octanol–water partition coefficient (Wildman–Crippen LogP) is 2.26. The Morgan fingerprint density at radius 2 is 1.88 bits per heavy atom. The van der Waals surface area contributed by atoms with Crippen molar-refractivity contribution in [2.24, 2.45) is 5.73 Å². The Morgan fingerprint density at radius 1 is 1.12 bits per heavy atom. The summed E-state index contributed by atoms with van der Waals surface area (Å²) in [4.78, 5) is 3.75. The smallest absolute Gasteiger partial charge is 0.141 e. The number of nitrogens with two attached hydrogens (primary N) is 1. The van der Waals surface area contributed by atoms with E-state index >= 15 is 0 Å². The van der Waals surface area contributed by atoms with Gasteiger partial charge in [0.15, 0.2) is 0 Å². The molecule has 2 aromatic rings. The Balaban J connectivity index is 1.97. The molecule has 17 heavy (non-hydrogen) atoms. The molecular formula is C13H13FN2O. The number of rotatable bonds is 4. The summed E-state index contributed by atoms with van der Waals surface area (Å²) in [5.74, 6) is 0.371. The lowest BCUT2D eigenvalue weighted by Crippen LogP contribution is -1.98. The highest BCUT2D eigenvalue weighted by Gasteiger charge is 1.98. The number of ether oxygens (including phenoxy) is 1. The van der Waals surface area contributed by atoms with Gasteiger partial charge >= 0.3 is 0 Å². The molecule has 1 aromatic heterocycles. The fraction of sp³-hybridized carbons (Fsp3) is 0.154. The molecule has 0 saturated heterocycles. The Kier molecular flexibility index (Phi) is 3.67. The average Bonchev–Trinajstić information content (AvgIpc) is 2.37. The topological polar surface area (TPSA) is 48.1 Å². The van der Waals surface area contributed by atoms with Gasteiger partial charge in [0.25, 0.3) is 0 Å². The second-order valence-electron chi connectivity index (χ2n) is 3.65. The van der Waals surface area contributed by atoms with E-state index < -0.39 is 0 Å². The van der Waals surface area contributed by atoms with Gasteiger partial charge in [0, 0.05) is 18.3 Å². The van der Waals surface area contributed by atoms with E-state index in [9.17, 15) is 4.39 Å². The third-order valence-electron chi connectivity index (χ3n) is 2.33. The zero-order valence-electron chi connectivity index (χ0n) is 9.27. The Labute approximate surface area is 99.1 Å². The molecule has 0 spiro atoms. The molecule has 4 heteroatoms. The zero-order chi connectivity index (χ0) is 12.1. The van der Waals surface area contributed by atoms with E-state index in [1.807, 2.05) is 24.3 Å². The van der Waals surface area contributed by atoms with Crippen LogP contribution in [-0.4, -0.2) is 4.98 Å². The van der Waals surface area contributed by atoms with Crippen LogP contribution < -0.4 is 10.5 Å². The monoisotopic (exact) mass is 232 g/mol. The van der Waals surface area contributed by atoms with Gasteiger partial charge in [-0.1, -0.05) is 12.1 Å². The molecule has 0 unspecified atom stereocenters. The maximum absolute atomic E-state index is 12.9. The van der Waals surface area contributed by atoms with Crippen LogP contribution in [0, 0.1) is 5.82 Å². The molecule has 1 heterocycles. The summed E-state index contributed by atoms with van der Waals surface area (Å²) in [5, 5.41) is 0. The number of hydrogen-bond acceptors (Lipinski definition) is 3. The SMILES string of the molecule is NCc1ccc(OCc2cncc(F)c2)cc1. The number of aromatic nitrogens is 1. The highest BCUT2D eigenvalue weighted by atomic mass is 19.1. The maximum Gasteiger partial charge on any atom is 0.141 e. The Hall–Kier alpha value is -1.94. The van der Waals surface area contributed by atoms with Crippen molar-refractivity contribution in [3.8, 4) is 5.75 Å². The summed E-state index contributed by atoms with van der Waals surface area (Å²) in [7, 11) is 0. The predicted molar refractivity (Wildman–Crippen MR) is 62.9 cm³/mol. The Morgan fingerprint density at radius 3 is 2.53 bits per heavy atom. The van der Waals surface area contributed by atoms with Gasteiger partial charge < -0.3 is 10.5 Å². The third-order valence-corrected chi connectivity index (χ3v) is 2.33. The minimum absolute atomic E-state index is 0.298. The first-order valence-electron chi connectivity index (χ1n) is 5.29. The van der Waals surface area contributed by atoms with Gasteiger partial charge in [-0.2, -0.15) is 0 Å². The fourth-order valence-electron chi connectivity index (χ4n) is 1.42. The summed E-state index contributed by atoms with van der Waals surface area (Å²) in [6.45, 7) is 0.806. The minimum Gasteiger partial charge on any atom is -0.489 e. The summed E-state index contributed by atoms with van der Waals surface area (Å²) < 4.78 is 18.4. The van der Waals surface area contributed by atoms with Crippen molar-refractivity contribution in [1.29, 1.82) is 0 Å². The molecule has 1 aromatic carbocycles. The first kappa shape index (κ1) is 11.5. The molecule has 0 atom stereocenters. The first-order chi connectivity index (χ1) is 8.28. The molecule has 0 radical (unpaired) electrons. The van der Waals surface area contributed by atoms with E-state index in [1.165, 1.54) is 12.3 Å². The lowest BCUT2D eigenvalue weighted by molar-refractivity contribution is 0.305. The van der Waals surface area contributed by atoms with E-state index in [0.29, 0.717) is 18.7 Å². The number of hydrogen-bond donors (Lipinski definition) is 1. The molecule has 0 fully saturated rings. The van der Waals surface area contributed by atoms with Gasteiger partial charge in [0.2, 0.25) is 0 Å². The summed E-state index contributed by atoms with van der Waals surface area (Å²) in [6.07, 6.45) is 2.75. The van der Waals surface area contributed by atoms with Gasteiger partial charge in [-0.25, -0.2) is 4.39 Å². The van der Waals surface area contributed by atoms with Crippen LogP contribution in [0.15, 0.2) is 42.7 Å². The largest absolute Gasteiger partial charge is 0.489 e. The highest BCUT2D eigenvalue weighted by Crippen LogP contribution is 2.14. The van der Waals surface area contributed by atoms with Crippen LogP contribution in [0.4, 0.5) is 4.39 Å². The van der Waals surface area contributed by atoms with Crippen LogP contribution in [0.2, 0.25) is 0 Å². The van der Waals surface area contributed by atoms with Crippen LogP contribution in [0.5, 0.6) is 5.75 Å². The summed E-state index contributed by atoms with van der Waals surface area (Å²) >= 11 is 0. The van der Waals surface area contributed by atoms with Gasteiger partial charge in [-0.15, -0.1) is 0 Å². The van der Waals surface area contributed by atoms with E-state index in [1.54, 1.807) is 6.20 Å². The molecule has 2 rings (SSSR count). The maximum atomic E-state index is 12.9. The normalized spacial score (nSPS) is 10.2. The van der Waals surface area contributed by atoms with Crippen molar-refractivity contribution in [3.63, 3.8) is 0 Å². The number of pyridine rings is 1. The third kappa shape index (κ3) is 3.26. The molecule has 0 bridgehead atoms. The second-order valence-corrected chi connectivity index (χ2v) is 3.65. The van der Waals surface area contributed by atoms with Crippen molar-refractivity contribution >= 4 is 0 Å². The number of halogens is 1. The molecule has 88 valence electrons. The standard InChI is InChI=1S/C13H13FN2O/c14-12-5-11(7-16-8-12)9-17-13-3-1-10(6-15)2-4-13/h1-5,7-8H,6,9,15H2. The van der Waals surface area contributed by atoms with Crippen LogP contribution in [0.1, 0.15) is 11.1 Å². The molecule has 2 N–H and O–H groups in total. The van der Waals surface area contributed by atoms with Crippen molar-refractivity contribution in [2.75, 3.05) is 0 Å². The molecule has 0 aliphatic carbocycles. The van der Waals surface area contributed by atoms with E-state index in [2.05, 4.69) is 4.98 Å². The second kappa shape index (κ2) is 5.41. The van der Waals surface area contributed by atoms with Crippen LogP contribution >= 0.6 is 0 Å². The lowest BCUT2D eigenvalue weighted by Gasteiger charge is -2.06. The van der Waals surface area contributed by atoms with Crippen molar-refractivity contribution in [1.82, 2.24) is 4.98 Å². The van der Waals surface area contributed by atoms with Crippen molar-refractivity contribution in [3.05, 3.63) is 59.7 Å². The number of nitrogens with zero attached hydrogens (tertiary/aromatic N) is 1. The number of benzene rings is 1. The fourth-order valence-corrected chi connectivity index (χ4v) is 1.42. The van der Waals surface area contributed by atoms with Crippen LogP contribution in [0.25, 0.3) is 0 Å². The lowest BCUT2D eigenvalue weighted by atomic mass is 10.2. The van der Waals surface area contributed by atoms with Gasteiger partial charge in [0.05, 0.1) is 6.20 Å². The van der Waals surface area contributed by atoms with E-state index in [-0.39, 0.29) is 5.82 Å². The van der Waals surface area contributed by atoms with Gasteiger partial charge in [-0.05, 0) is 23.8 Å².